The van der Waals surface area contributed by atoms with E-state index in [2.05, 4.69) is 62.0 Å². The van der Waals surface area contributed by atoms with Gasteiger partial charge in [0.1, 0.15) is 8.07 Å². The molecule has 0 atom stereocenters. The molecule has 0 aromatic carbocycles. The van der Waals surface area contributed by atoms with E-state index in [4.69, 9.17) is 4.74 Å². The molecule has 0 aromatic rings. The van der Waals surface area contributed by atoms with E-state index in [1.807, 2.05) is 6.26 Å². The summed E-state index contributed by atoms with van der Waals surface area (Å²) in [7, 11) is -0.0309. The van der Waals surface area contributed by atoms with E-state index in [1.54, 1.807) is 7.11 Å². The van der Waals surface area contributed by atoms with Crippen molar-refractivity contribution < 1.29 is 4.74 Å². The summed E-state index contributed by atoms with van der Waals surface area (Å²) in [5.74, 6) is 0. The lowest BCUT2D eigenvalue weighted by atomic mass is 10.1. The van der Waals surface area contributed by atoms with Crippen LogP contribution in [0.1, 0.15) is 55.4 Å². The second kappa shape index (κ2) is 5.21. The van der Waals surface area contributed by atoms with Crippen LogP contribution in [0.15, 0.2) is 34.8 Å². The smallest absolute Gasteiger partial charge is 0.102 e. The van der Waals surface area contributed by atoms with E-state index in [0.717, 1.165) is 0 Å². The topological polar surface area (TPSA) is 9.23 Å². The first-order chi connectivity index (χ1) is 8.90. The highest BCUT2D eigenvalue weighted by atomic mass is 28.3. The molecule has 1 heterocycles. The average Bonchev–Trinajstić information content (AvgIpc) is 2.53. The van der Waals surface area contributed by atoms with Crippen molar-refractivity contribution in [3.63, 3.8) is 0 Å². The quantitative estimate of drug-likeness (QED) is 0.425. The van der Waals surface area contributed by atoms with Crippen LogP contribution in [0.5, 0.6) is 0 Å². The van der Waals surface area contributed by atoms with Crippen molar-refractivity contribution >= 4 is 8.07 Å². The normalized spacial score (nSPS) is 21.6. The molecule has 0 aromatic heterocycles. The lowest BCUT2D eigenvalue weighted by Crippen LogP contribution is -2.51. The van der Waals surface area contributed by atoms with Gasteiger partial charge in [-0.05, 0) is 35.5 Å². The Hall–Kier alpha value is -0.763. The number of ether oxygens (including phenoxy) is 1. The van der Waals surface area contributed by atoms with Gasteiger partial charge in [0.2, 0.25) is 0 Å². The van der Waals surface area contributed by atoms with Gasteiger partial charge >= 0.3 is 0 Å². The SMILES string of the molecule is C=C1/C(=C\OC)C(=C(C)C)C[Si]1(C(C)(C)C)C(C)(C)C. The molecule has 114 valence electrons. The van der Waals surface area contributed by atoms with Gasteiger partial charge in [0.25, 0.3) is 0 Å². The summed E-state index contributed by atoms with van der Waals surface area (Å²) in [4.78, 5) is 0. The van der Waals surface area contributed by atoms with E-state index in [9.17, 15) is 0 Å². The summed E-state index contributed by atoms with van der Waals surface area (Å²) in [6, 6.07) is 1.19. The molecule has 0 N–H and O–H groups in total. The number of hydrogen-bond donors (Lipinski definition) is 0. The Labute approximate surface area is 126 Å². The van der Waals surface area contributed by atoms with E-state index in [0.29, 0.717) is 0 Å². The summed E-state index contributed by atoms with van der Waals surface area (Å²) in [6.07, 6.45) is 1.91. The molecule has 2 heteroatoms. The molecule has 1 rings (SSSR count). The Bertz CT molecular complexity index is 449. The summed E-state index contributed by atoms with van der Waals surface area (Å²) in [5.41, 5.74) is 4.13. The minimum Gasteiger partial charge on any atom is -0.504 e. The Morgan fingerprint density at radius 1 is 1.10 bits per heavy atom. The Morgan fingerprint density at radius 2 is 1.55 bits per heavy atom. The third-order valence-corrected chi connectivity index (χ3v) is 12.3. The largest absolute Gasteiger partial charge is 0.504 e. The van der Waals surface area contributed by atoms with Gasteiger partial charge in [-0.1, -0.05) is 58.9 Å². The van der Waals surface area contributed by atoms with E-state index in [-0.39, 0.29) is 10.1 Å². The van der Waals surface area contributed by atoms with Crippen LogP contribution in [0.25, 0.3) is 0 Å². The number of methoxy groups -OCH3 is 1. The van der Waals surface area contributed by atoms with E-state index < -0.39 is 8.07 Å². The van der Waals surface area contributed by atoms with Crippen molar-refractivity contribution in [1.82, 2.24) is 0 Å². The van der Waals surface area contributed by atoms with Gasteiger partial charge in [0, 0.05) is 5.57 Å². The van der Waals surface area contributed by atoms with Gasteiger partial charge < -0.3 is 4.74 Å². The average molecular weight is 293 g/mol. The number of rotatable bonds is 1. The fourth-order valence-electron chi connectivity index (χ4n) is 4.15. The molecule has 20 heavy (non-hydrogen) atoms. The van der Waals surface area contributed by atoms with Crippen LogP contribution in [0.2, 0.25) is 16.1 Å². The van der Waals surface area contributed by atoms with Crippen molar-refractivity contribution in [1.29, 1.82) is 0 Å². The highest BCUT2D eigenvalue weighted by Gasteiger charge is 2.59. The van der Waals surface area contributed by atoms with Crippen LogP contribution >= 0.6 is 0 Å². The standard InChI is InChI=1S/C18H32OSi/c1-13(2)16-12-20(17(4,5)6,18(7,8)9)14(3)15(16)11-19-10/h11H,3,12H2,1-2,4-10H3/b15-11+. The molecule has 0 saturated carbocycles. The van der Waals surface area contributed by atoms with Crippen molar-refractivity contribution in [3.8, 4) is 0 Å². The molecule has 0 spiro atoms. The molecule has 0 radical (unpaired) electrons. The maximum absolute atomic E-state index is 5.36. The molecular formula is C18H32OSi. The predicted molar refractivity (Wildman–Crippen MR) is 92.6 cm³/mol. The molecular weight excluding hydrogens is 260 g/mol. The van der Waals surface area contributed by atoms with Crippen molar-refractivity contribution in [2.75, 3.05) is 7.11 Å². The highest BCUT2D eigenvalue weighted by molar-refractivity contribution is 6.93. The van der Waals surface area contributed by atoms with E-state index in [1.165, 1.54) is 28.0 Å². The zero-order valence-corrected chi connectivity index (χ0v) is 15.9. The Kier molecular flexibility index (Phi) is 4.51. The first-order valence-electron chi connectivity index (χ1n) is 7.49. The fraction of sp³-hybridized carbons (Fsp3) is 0.667. The first-order valence-corrected chi connectivity index (χ1v) is 9.70. The van der Waals surface area contributed by atoms with Crippen LogP contribution in [-0.4, -0.2) is 15.2 Å². The molecule has 1 aliphatic heterocycles. The van der Waals surface area contributed by atoms with Gasteiger partial charge in [-0.3, -0.25) is 0 Å². The molecule has 0 aliphatic carbocycles. The summed E-state index contributed by atoms with van der Waals surface area (Å²) >= 11 is 0. The molecule has 1 aliphatic rings. The second-order valence-corrected chi connectivity index (χ2v) is 14.1. The minimum atomic E-state index is -1.77. The van der Waals surface area contributed by atoms with E-state index >= 15 is 0 Å². The van der Waals surface area contributed by atoms with Crippen molar-refractivity contribution in [2.24, 2.45) is 0 Å². The second-order valence-electron chi connectivity index (χ2n) is 8.31. The predicted octanol–water partition coefficient (Wildman–Crippen LogP) is 6.01. The lowest BCUT2D eigenvalue weighted by Gasteiger charge is -2.50. The minimum absolute atomic E-state index is 0.284. The molecule has 0 unspecified atom stereocenters. The number of allylic oxidation sites excluding steroid dienone is 4. The Balaban J connectivity index is 3.65. The third kappa shape index (κ3) is 2.43. The van der Waals surface area contributed by atoms with Gasteiger partial charge in [0.15, 0.2) is 0 Å². The maximum Gasteiger partial charge on any atom is 0.102 e. The highest BCUT2D eigenvalue weighted by Crippen LogP contribution is 2.63. The Morgan fingerprint density at radius 3 is 1.85 bits per heavy atom. The first kappa shape index (κ1) is 17.3. The molecule has 1 nitrogen and oxygen atoms in total. The molecule has 1 fully saturated rings. The number of hydrogen-bond acceptors (Lipinski definition) is 1. The molecule has 1 saturated heterocycles. The summed E-state index contributed by atoms with van der Waals surface area (Å²) in [6.45, 7) is 23.4. The van der Waals surface area contributed by atoms with Crippen molar-refractivity contribution in [3.05, 3.63) is 34.8 Å². The van der Waals surface area contributed by atoms with Crippen LogP contribution < -0.4 is 0 Å². The fourth-order valence-corrected chi connectivity index (χ4v) is 11.2. The van der Waals surface area contributed by atoms with Gasteiger partial charge in [-0.15, -0.1) is 0 Å². The van der Waals surface area contributed by atoms with Crippen LogP contribution in [0.4, 0.5) is 0 Å². The van der Waals surface area contributed by atoms with Crippen LogP contribution in [-0.2, 0) is 4.74 Å². The maximum atomic E-state index is 5.36. The monoisotopic (exact) mass is 292 g/mol. The lowest BCUT2D eigenvalue weighted by molar-refractivity contribution is 0.335. The van der Waals surface area contributed by atoms with Crippen molar-refractivity contribution in [2.45, 2.75) is 71.5 Å². The zero-order chi connectivity index (χ0) is 15.9. The molecule has 0 amide bonds. The van der Waals surface area contributed by atoms with Gasteiger partial charge in [-0.2, -0.15) is 0 Å². The van der Waals surface area contributed by atoms with Crippen LogP contribution in [0.3, 0.4) is 0 Å². The summed E-state index contributed by atoms with van der Waals surface area (Å²) in [5, 5.41) is 1.94. The zero-order valence-electron chi connectivity index (χ0n) is 14.9. The molecule has 0 bridgehead atoms. The van der Waals surface area contributed by atoms with Gasteiger partial charge in [0.05, 0.1) is 13.4 Å². The van der Waals surface area contributed by atoms with Gasteiger partial charge in [-0.25, -0.2) is 0 Å². The van der Waals surface area contributed by atoms with Crippen LogP contribution in [0, 0.1) is 0 Å². The third-order valence-electron chi connectivity index (χ3n) is 5.01. The summed E-state index contributed by atoms with van der Waals surface area (Å²) < 4.78 is 5.36.